The predicted octanol–water partition coefficient (Wildman–Crippen LogP) is 6.33. The van der Waals surface area contributed by atoms with E-state index < -0.39 is 5.91 Å². The van der Waals surface area contributed by atoms with Crippen molar-refractivity contribution in [2.75, 3.05) is 11.9 Å². The molecule has 1 N–H and O–H groups in total. The van der Waals surface area contributed by atoms with Crippen LogP contribution in [0.2, 0.25) is 5.02 Å². The zero-order chi connectivity index (χ0) is 21.6. The van der Waals surface area contributed by atoms with Gasteiger partial charge in [0, 0.05) is 33.7 Å². The van der Waals surface area contributed by atoms with E-state index in [-0.39, 0.29) is 11.3 Å². The van der Waals surface area contributed by atoms with Crippen molar-refractivity contribution in [3.63, 3.8) is 0 Å². The van der Waals surface area contributed by atoms with E-state index in [2.05, 4.69) is 65.2 Å². The summed E-state index contributed by atoms with van der Waals surface area (Å²) in [5.41, 5.74) is 6.37. The third kappa shape index (κ3) is 3.86. The minimum atomic E-state index is -0.414. The SMILES string of the molecule is C[C@@H]1CC(C)(C)N(C)c2cc(Cl)c(/C=N/NC(=O)c3cc4cc(Br)ccc4o3)cc21. The van der Waals surface area contributed by atoms with Gasteiger partial charge in [0.05, 0.1) is 11.2 Å². The second-order valence-electron chi connectivity index (χ2n) is 8.40. The van der Waals surface area contributed by atoms with Crippen molar-refractivity contribution >= 4 is 56.3 Å². The minimum Gasteiger partial charge on any atom is -0.451 e. The fourth-order valence-electron chi connectivity index (χ4n) is 4.05. The number of hydrazone groups is 1. The van der Waals surface area contributed by atoms with Crippen molar-refractivity contribution in [2.45, 2.75) is 38.6 Å². The summed E-state index contributed by atoms with van der Waals surface area (Å²) in [6.07, 6.45) is 2.62. The molecule has 5 nitrogen and oxygen atoms in total. The minimum absolute atomic E-state index is 0.0709. The first-order valence-electron chi connectivity index (χ1n) is 9.75. The van der Waals surface area contributed by atoms with Crippen LogP contribution in [0.5, 0.6) is 0 Å². The molecule has 3 aromatic rings. The fourth-order valence-corrected chi connectivity index (χ4v) is 4.63. The second kappa shape index (κ2) is 7.75. The standard InChI is InChI=1S/C23H23BrClN3O2/c1-13-11-23(2,3)28(4)19-10-18(25)15(8-17(13)19)12-26-27-22(29)21-9-14-7-16(24)5-6-20(14)30-21/h5-10,12-13H,11H2,1-4H3,(H,27,29)/b26-12+/t13-/m1/s1. The number of anilines is 1. The highest BCUT2D eigenvalue weighted by atomic mass is 79.9. The molecule has 0 radical (unpaired) electrons. The molecule has 1 aromatic heterocycles. The van der Waals surface area contributed by atoms with Crippen LogP contribution in [-0.2, 0) is 0 Å². The number of fused-ring (bicyclic) bond motifs is 2. The average Bonchev–Trinajstić information content (AvgIpc) is 3.10. The average molecular weight is 489 g/mol. The van der Waals surface area contributed by atoms with Gasteiger partial charge in [0.15, 0.2) is 5.76 Å². The van der Waals surface area contributed by atoms with Crippen LogP contribution in [-0.4, -0.2) is 24.7 Å². The quantitative estimate of drug-likeness (QED) is 0.346. The summed E-state index contributed by atoms with van der Waals surface area (Å²) in [5.74, 6) is 0.192. The Morgan fingerprint density at radius 2 is 2.10 bits per heavy atom. The molecule has 1 aliphatic heterocycles. The lowest BCUT2D eigenvalue weighted by molar-refractivity contribution is 0.0929. The van der Waals surface area contributed by atoms with Gasteiger partial charge in [-0.25, -0.2) is 5.43 Å². The zero-order valence-electron chi connectivity index (χ0n) is 17.3. The lowest BCUT2D eigenvalue weighted by Gasteiger charge is -2.45. The maximum atomic E-state index is 12.4. The molecule has 0 spiro atoms. The molecular weight excluding hydrogens is 466 g/mol. The Kier molecular flexibility index (Phi) is 5.41. The van der Waals surface area contributed by atoms with E-state index in [1.54, 1.807) is 12.3 Å². The molecule has 4 rings (SSSR count). The molecular formula is C23H23BrClN3O2. The van der Waals surface area contributed by atoms with Crippen molar-refractivity contribution in [1.29, 1.82) is 0 Å². The molecule has 0 saturated carbocycles. The maximum Gasteiger partial charge on any atom is 0.307 e. The molecule has 156 valence electrons. The summed E-state index contributed by atoms with van der Waals surface area (Å²) >= 11 is 9.93. The number of furan rings is 1. The first kappa shape index (κ1) is 20.9. The third-order valence-corrected chi connectivity index (χ3v) is 6.64. The number of rotatable bonds is 3. The monoisotopic (exact) mass is 487 g/mol. The third-order valence-electron chi connectivity index (χ3n) is 5.82. The Hall–Kier alpha value is -2.31. The van der Waals surface area contributed by atoms with Crippen molar-refractivity contribution in [2.24, 2.45) is 5.10 Å². The van der Waals surface area contributed by atoms with E-state index in [1.807, 2.05) is 24.3 Å². The highest BCUT2D eigenvalue weighted by Gasteiger charge is 2.34. The summed E-state index contributed by atoms with van der Waals surface area (Å²) in [4.78, 5) is 14.7. The molecule has 1 atom stereocenters. The Labute approximate surface area is 189 Å². The largest absolute Gasteiger partial charge is 0.451 e. The van der Waals surface area contributed by atoms with E-state index in [9.17, 15) is 4.79 Å². The normalized spacial score (nSPS) is 18.1. The van der Waals surface area contributed by atoms with Crippen LogP contribution in [0, 0.1) is 0 Å². The van der Waals surface area contributed by atoms with Crippen molar-refractivity contribution < 1.29 is 9.21 Å². The summed E-state index contributed by atoms with van der Waals surface area (Å²) in [7, 11) is 2.10. The molecule has 1 amide bonds. The number of benzene rings is 2. The highest BCUT2D eigenvalue weighted by molar-refractivity contribution is 9.10. The number of carbonyl (C=O) groups is 1. The Balaban J connectivity index is 1.54. The lowest BCUT2D eigenvalue weighted by Crippen LogP contribution is -2.45. The van der Waals surface area contributed by atoms with Gasteiger partial charge in [-0.05, 0) is 68.1 Å². The molecule has 2 aromatic carbocycles. The van der Waals surface area contributed by atoms with Crippen molar-refractivity contribution in [1.82, 2.24) is 5.43 Å². The van der Waals surface area contributed by atoms with Crippen molar-refractivity contribution in [3.8, 4) is 0 Å². The maximum absolute atomic E-state index is 12.4. The molecule has 0 bridgehead atoms. The van der Waals surface area contributed by atoms with Gasteiger partial charge in [0.25, 0.3) is 0 Å². The molecule has 2 heterocycles. The molecule has 0 fully saturated rings. The topological polar surface area (TPSA) is 57.8 Å². The number of amides is 1. The Morgan fingerprint density at radius 1 is 1.33 bits per heavy atom. The van der Waals surface area contributed by atoms with Crippen LogP contribution in [0.4, 0.5) is 5.69 Å². The summed E-state index contributed by atoms with van der Waals surface area (Å²) in [6, 6.07) is 11.3. The van der Waals surface area contributed by atoms with E-state index in [0.717, 1.165) is 27.5 Å². The smallest absolute Gasteiger partial charge is 0.307 e. The van der Waals surface area contributed by atoms with Gasteiger partial charge < -0.3 is 9.32 Å². The van der Waals surface area contributed by atoms with Crippen molar-refractivity contribution in [3.05, 3.63) is 62.8 Å². The molecule has 0 saturated heterocycles. The summed E-state index contributed by atoms with van der Waals surface area (Å²) in [5, 5.41) is 5.54. The van der Waals surface area contributed by atoms with Gasteiger partial charge in [-0.2, -0.15) is 5.10 Å². The highest BCUT2D eigenvalue weighted by Crippen LogP contribution is 2.44. The number of carbonyl (C=O) groups excluding carboxylic acids is 1. The number of nitrogens with one attached hydrogen (secondary N) is 1. The summed E-state index contributed by atoms with van der Waals surface area (Å²) < 4.78 is 6.52. The molecule has 1 aliphatic rings. The molecule has 0 unspecified atom stereocenters. The van der Waals surface area contributed by atoms with Gasteiger partial charge >= 0.3 is 5.91 Å². The van der Waals surface area contributed by atoms with E-state index in [4.69, 9.17) is 16.0 Å². The van der Waals surface area contributed by atoms with Gasteiger partial charge in [0.2, 0.25) is 0 Å². The number of hydrogen-bond donors (Lipinski definition) is 1. The first-order chi connectivity index (χ1) is 14.2. The first-order valence-corrected chi connectivity index (χ1v) is 10.9. The van der Waals surface area contributed by atoms with E-state index >= 15 is 0 Å². The van der Waals surface area contributed by atoms with Gasteiger partial charge in [0.1, 0.15) is 5.58 Å². The van der Waals surface area contributed by atoms with Crippen LogP contribution in [0.1, 0.15) is 54.8 Å². The molecule has 7 heteroatoms. The van der Waals surface area contributed by atoms with Crippen LogP contribution in [0.25, 0.3) is 11.0 Å². The van der Waals surface area contributed by atoms with Gasteiger partial charge in [-0.1, -0.05) is 34.5 Å². The fraction of sp³-hybridized carbons (Fsp3) is 0.304. The summed E-state index contributed by atoms with van der Waals surface area (Å²) in [6.45, 7) is 6.70. The number of halogens is 2. The van der Waals surface area contributed by atoms with E-state index in [1.165, 1.54) is 5.56 Å². The Bertz CT molecular complexity index is 1170. The predicted molar refractivity (Wildman–Crippen MR) is 126 cm³/mol. The molecule has 0 aliphatic carbocycles. The van der Waals surface area contributed by atoms with Crippen LogP contribution in [0.3, 0.4) is 0 Å². The van der Waals surface area contributed by atoms with Crippen LogP contribution in [0.15, 0.2) is 50.4 Å². The molecule has 30 heavy (non-hydrogen) atoms. The van der Waals surface area contributed by atoms with Crippen LogP contribution < -0.4 is 10.3 Å². The Morgan fingerprint density at radius 3 is 2.87 bits per heavy atom. The van der Waals surface area contributed by atoms with E-state index in [0.29, 0.717) is 16.5 Å². The zero-order valence-corrected chi connectivity index (χ0v) is 19.6. The number of hydrogen-bond acceptors (Lipinski definition) is 4. The second-order valence-corrected chi connectivity index (χ2v) is 9.72. The number of nitrogens with zero attached hydrogens (tertiary/aromatic N) is 2. The lowest BCUT2D eigenvalue weighted by atomic mass is 9.80. The van der Waals surface area contributed by atoms with Gasteiger partial charge in [-0.3, -0.25) is 4.79 Å². The van der Waals surface area contributed by atoms with Gasteiger partial charge in [-0.15, -0.1) is 0 Å². The van der Waals surface area contributed by atoms with Crippen LogP contribution >= 0.6 is 27.5 Å².